The maximum atomic E-state index is 11.9. The molecule has 0 aromatic heterocycles. The van der Waals surface area contributed by atoms with Crippen LogP contribution in [0.5, 0.6) is 0 Å². The molecule has 0 aliphatic rings. The summed E-state index contributed by atoms with van der Waals surface area (Å²) in [4.78, 5) is 21.9. The van der Waals surface area contributed by atoms with Crippen LogP contribution in [0.2, 0.25) is 5.02 Å². The van der Waals surface area contributed by atoms with E-state index in [1.54, 1.807) is 0 Å². The number of nitro groups is 1. The minimum Gasteiger partial charge on any atom is -0.327 e. The number of benzene rings is 1. The maximum Gasteiger partial charge on any atom is 0.288 e. The van der Waals surface area contributed by atoms with Gasteiger partial charge in [-0.25, -0.2) is 0 Å². The number of amides is 1. The van der Waals surface area contributed by atoms with Crippen molar-refractivity contribution >= 4 is 28.9 Å². The Balaban J connectivity index is 2.63. The van der Waals surface area contributed by atoms with Gasteiger partial charge in [0.05, 0.1) is 4.92 Å². The van der Waals surface area contributed by atoms with Gasteiger partial charge < -0.3 is 11.1 Å². The van der Waals surface area contributed by atoms with E-state index in [-0.39, 0.29) is 34.5 Å². The number of nitro benzene ring substituents is 1. The molecule has 0 bridgehead atoms. The number of nitrogens with two attached hydrogens (primary N) is 1. The molecular formula is C14H20ClN3O3. The molecule has 0 fully saturated rings. The summed E-state index contributed by atoms with van der Waals surface area (Å²) < 4.78 is 0. The number of nitrogens with zero attached hydrogens (tertiary/aromatic N) is 1. The lowest BCUT2D eigenvalue weighted by Crippen LogP contribution is -2.31. The highest BCUT2D eigenvalue weighted by Gasteiger charge is 2.19. The molecule has 116 valence electrons. The van der Waals surface area contributed by atoms with Gasteiger partial charge in [-0.2, -0.15) is 0 Å². The molecule has 1 rings (SSSR count). The Morgan fingerprint density at radius 2 is 2.10 bits per heavy atom. The van der Waals surface area contributed by atoms with E-state index in [4.69, 9.17) is 17.3 Å². The summed E-state index contributed by atoms with van der Waals surface area (Å²) in [7, 11) is 0. The van der Waals surface area contributed by atoms with E-state index in [2.05, 4.69) is 26.1 Å². The molecule has 0 heterocycles. The SMILES string of the molecule is CC(C)(C)CC(N)CC(=O)Nc1ccc([N+](=O)[O-])c(Cl)c1. The van der Waals surface area contributed by atoms with Crippen molar-refractivity contribution in [2.45, 2.75) is 39.7 Å². The van der Waals surface area contributed by atoms with Gasteiger partial charge in [0, 0.05) is 24.2 Å². The van der Waals surface area contributed by atoms with Gasteiger partial charge in [0.25, 0.3) is 5.69 Å². The topological polar surface area (TPSA) is 98.3 Å². The predicted molar refractivity (Wildman–Crippen MR) is 83.4 cm³/mol. The van der Waals surface area contributed by atoms with Gasteiger partial charge >= 0.3 is 0 Å². The van der Waals surface area contributed by atoms with Crippen molar-refractivity contribution in [2.24, 2.45) is 11.1 Å². The van der Waals surface area contributed by atoms with Crippen LogP contribution in [-0.4, -0.2) is 16.9 Å². The second-order valence-corrected chi connectivity index (χ2v) is 6.61. The Morgan fingerprint density at radius 3 is 2.57 bits per heavy atom. The zero-order valence-electron chi connectivity index (χ0n) is 12.4. The smallest absolute Gasteiger partial charge is 0.288 e. The van der Waals surface area contributed by atoms with E-state index in [9.17, 15) is 14.9 Å². The van der Waals surface area contributed by atoms with Crippen molar-refractivity contribution in [3.8, 4) is 0 Å². The van der Waals surface area contributed by atoms with E-state index >= 15 is 0 Å². The molecule has 1 amide bonds. The van der Waals surface area contributed by atoms with Gasteiger partial charge in [0.2, 0.25) is 5.91 Å². The highest BCUT2D eigenvalue weighted by Crippen LogP contribution is 2.27. The van der Waals surface area contributed by atoms with Crippen molar-refractivity contribution in [3.63, 3.8) is 0 Å². The van der Waals surface area contributed by atoms with Gasteiger partial charge in [-0.3, -0.25) is 14.9 Å². The molecule has 0 spiro atoms. The first-order valence-electron chi connectivity index (χ1n) is 6.58. The quantitative estimate of drug-likeness (QED) is 0.643. The molecule has 0 saturated heterocycles. The number of carbonyl (C=O) groups excluding carboxylic acids is 1. The maximum absolute atomic E-state index is 11.9. The number of hydrogen-bond acceptors (Lipinski definition) is 4. The van der Waals surface area contributed by atoms with E-state index in [0.717, 1.165) is 6.42 Å². The van der Waals surface area contributed by atoms with Gasteiger partial charge in [-0.15, -0.1) is 0 Å². The van der Waals surface area contributed by atoms with Crippen molar-refractivity contribution < 1.29 is 9.72 Å². The number of anilines is 1. The summed E-state index contributed by atoms with van der Waals surface area (Å²) in [6.45, 7) is 6.17. The molecule has 7 heteroatoms. The molecule has 0 aliphatic heterocycles. The third-order valence-corrected chi connectivity index (χ3v) is 3.05. The van der Waals surface area contributed by atoms with Gasteiger partial charge in [0.1, 0.15) is 5.02 Å². The van der Waals surface area contributed by atoms with Gasteiger partial charge in [-0.05, 0) is 24.0 Å². The number of halogens is 1. The van der Waals surface area contributed by atoms with Gasteiger partial charge in [0.15, 0.2) is 0 Å². The first-order valence-corrected chi connectivity index (χ1v) is 6.95. The van der Waals surface area contributed by atoms with Crippen LogP contribution in [-0.2, 0) is 4.79 Å². The molecule has 1 aromatic carbocycles. The second-order valence-electron chi connectivity index (χ2n) is 6.20. The second kappa shape index (κ2) is 6.87. The molecule has 3 N–H and O–H groups in total. The zero-order valence-corrected chi connectivity index (χ0v) is 13.1. The summed E-state index contributed by atoms with van der Waals surface area (Å²) in [5.74, 6) is -0.239. The first kappa shape index (κ1) is 17.4. The summed E-state index contributed by atoms with van der Waals surface area (Å²) in [6.07, 6.45) is 0.910. The lowest BCUT2D eigenvalue weighted by molar-refractivity contribution is -0.384. The summed E-state index contributed by atoms with van der Waals surface area (Å²) in [5.41, 5.74) is 6.20. The molecule has 0 aliphatic carbocycles. The normalized spacial score (nSPS) is 12.8. The third kappa shape index (κ3) is 6.10. The largest absolute Gasteiger partial charge is 0.327 e. The Kier molecular flexibility index (Phi) is 5.69. The summed E-state index contributed by atoms with van der Waals surface area (Å²) >= 11 is 5.78. The van der Waals surface area contributed by atoms with E-state index in [1.807, 2.05) is 0 Å². The van der Waals surface area contributed by atoms with Crippen LogP contribution < -0.4 is 11.1 Å². The number of hydrogen-bond donors (Lipinski definition) is 2. The Hall–Kier alpha value is -1.66. The fraction of sp³-hybridized carbons (Fsp3) is 0.500. The number of rotatable bonds is 5. The molecule has 1 aromatic rings. The average Bonchev–Trinajstić information content (AvgIpc) is 2.24. The van der Waals surface area contributed by atoms with Gasteiger partial charge in [-0.1, -0.05) is 32.4 Å². The molecule has 0 saturated carbocycles. The summed E-state index contributed by atoms with van der Waals surface area (Å²) in [5, 5.41) is 13.3. The van der Waals surface area contributed by atoms with E-state index < -0.39 is 4.92 Å². The fourth-order valence-electron chi connectivity index (χ4n) is 2.04. The molecule has 0 radical (unpaired) electrons. The molecule has 1 atom stereocenters. The van der Waals surface area contributed by atoms with E-state index in [1.165, 1.54) is 18.2 Å². The van der Waals surface area contributed by atoms with Crippen molar-refractivity contribution in [2.75, 3.05) is 5.32 Å². The van der Waals surface area contributed by atoms with Crippen molar-refractivity contribution in [3.05, 3.63) is 33.3 Å². The lowest BCUT2D eigenvalue weighted by Gasteiger charge is -2.22. The zero-order chi connectivity index (χ0) is 16.2. The monoisotopic (exact) mass is 313 g/mol. The molecule has 6 nitrogen and oxygen atoms in total. The highest BCUT2D eigenvalue weighted by molar-refractivity contribution is 6.33. The van der Waals surface area contributed by atoms with E-state index in [0.29, 0.717) is 5.69 Å². The molecular weight excluding hydrogens is 294 g/mol. The minimum atomic E-state index is -0.576. The van der Waals surface area contributed by atoms with Crippen molar-refractivity contribution in [1.82, 2.24) is 0 Å². The number of carbonyl (C=O) groups is 1. The van der Waals surface area contributed by atoms with Crippen molar-refractivity contribution in [1.29, 1.82) is 0 Å². The predicted octanol–water partition coefficient (Wildman–Crippen LogP) is 3.34. The third-order valence-electron chi connectivity index (χ3n) is 2.75. The van der Waals surface area contributed by atoms with Crippen LogP contribution in [0.1, 0.15) is 33.6 Å². The Bertz CT molecular complexity index is 541. The summed E-state index contributed by atoms with van der Waals surface area (Å²) in [6, 6.07) is 3.82. The average molecular weight is 314 g/mol. The highest BCUT2D eigenvalue weighted by atomic mass is 35.5. The minimum absolute atomic E-state index is 0.0169. The number of nitrogens with one attached hydrogen (secondary N) is 1. The fourth-order valence-corrected chi connectivity index (χ4v) is 2.29. The van der Waals surface area contributed by atoms with Crippen LogP contribution in [0, 0.1) is 15.5 Å². The molecule has 1 unspecified atom stereocenters. The molecule has 21 heavy (non-hydrogen) atoms. The Morgan fingerprint density at radius 1 is 1.48 bits per heavy atom. The standard InChI is InChI=1S/C14H20ClN3O3/c1-14(2,3)8-9(16)6-13(19)17-10-4-5-12(18(20)21)11(15)7-10/h4-5,7,9H,6,8,16H2,1-3H3,(H,17,19). The first-order chi connectivity index (χ1) is 9.58. The van der Waals surface area contributed by atoms with Crippen LogP contribution >= 0.6 is 11.6 Å². The van der Waals surface area contributed by atoms with Crippen LogP contribution in [0.25, 0.3) is 0 Å². The lowest BCUT2D eigenvalue weighted by atomic mass is 9.87. The van der Waals surface area contributed by atoms with Crippen LogP contribution in [0.4, 0.5) is 11.4 Å². The van der Waals surface area contributed by atoms with Crippen LogP contribution in [0.15, 0.2) is 18.2 Å². The Labute approximate surface area is 128 Å². The van der Waals surface area contributed by atoms with Crippen LogP contribution in [0.3, 0.4) is 0 Å².